The summed E-state index contributed by atoms with van der Waals surface area (Å²) < 4.78 is 62.9. The highest BCUT2D eigenvalue weighted by Crippen LogP contribution is 2.48. The van der Waals surface area contributed by atoms with Crippen LogP contribution in [-0.4, -0.2) is 89.2 Å². The molecule has 59 heavy (non-hydrogen) atoms. The van der Waals surface area contributed by atoms with Gasteiger partial charge in [-0.05, 0) is 162 Å². The Labute approximate surface area is 362 Å². The van der Waals surface area contributed by atoms with Crippen LogP contribution in [0.4, 0.5) is 0 Å². The normalized spacial score (nSPS) is 21.5. The summed E-state index contributed by atoms with van der Waals surface area (Å²) in [7, 11) is -15.2. The lowest BCUT2D eigenvalue weighted by molar-refractivity contribution is -0.216. The fourth-order valence-corrected chi connectivity index (χ4v) is 13.2. The number of hydrogen-bond donors (Lipinski definition) is 0. The highest BCUT2D eigenvalue weighted by molar-refractivity contribution is 6.72. The third-order valence-corrected chi connectivity index (χ3v) is 14.9. The molecular formula is C42H76O10Si7. The Balaban J connectivity index is 2.18. The maximum absolute atomic E-state index is 14.7. The quantitative estimate of drug-likeness (QED) is 0.122. The molecule has 10 nitrogen and oxygen atoms in total. The minimum atomic E-state index is -2.33. The van der Waals surface area contributed by atoms with Crippen molar-refractivity contribution >= 4 is 69.2 Å². The molecule has 0 radical (unpaired) electrons. The van der Waals surface area contributed by atoms with Gasteiger partial charge in [0.05, 0.1) is 12.2 Å². The van der Waals surface area contributed by atoms with Crippen molar-refractivity contribution in [2.75, 3.05) is 6.61 Å². The van der Waals surface area contributed by atoms with Crippen molar-refractivity contribution in [1.29, 1.82) is 0 Å². The Morgan fingerprint density at radius 2 is 1.00 bits per heavy atom. The molecule has 1 fully saturated rings. The number of benzene rings is 2. The van der Waals surface area contributed by atoms with Gasteiger partial charge < -0.3 is 40.1 Å². The van der Waals surface area contributed by atoms with Crippen LogP contribution in [0.5, 0.6) is 17.2 Å². The molecule has 0 spiro atoms. The summed E-state index contributed by atoms with van der Waals surface area (Å²) in [5.41, 5.74) is 1.49. The van der Waals surface area contributed by atoms with E-state index in [1.54, 1.807) is 6.07 Å². The summed E-state index contributed by atoms with van der Waals surface area (Å²) >= 11 is 0. The maximum atomic E-state index is 14.7. The average molecular weight is 938 g/mol. The van der Waals surface area contributed by atoms with E-state index >= 15 is 0 Å². The van der Waals surface area contributed by atoms with Crippen molar-refractivity contribution < 1.29 is 40.1 Å². The number of hydrogen-bond acceptors (Lipinski definition) is 10. The second kappa shape index (κ2) is 17.9. The first-order valence-corrected chi connectivity index (χ1v) is 45.0. The van der Waals surface area contributed by atoms with E-state index in [0.29, 0.717) is 40.4 Å². The Morgan fingerprint density at radius 3 is 1.47 bits per heavy atom. The first kappa shape index (κ1) is 50.0. The molecule has 332 valence electrons. The molecule has 1 saturated heterocycles. The Bertz CT molecular complexity index is 1960. The van der Waals surface area contributed by atoms with Gasteiger partial charge in [0.15, 0.2) is 44.3 Å². The number of fused-ring (bicyclic) bond motifs is 1. The van der Waals surface area contributed by atoms with Crippen molar-refractivity contribution in [3.8, 4) is 28.6 Å². The van der Waals surface area contributed by atoms with E-state index < -0.39 is 88.7 Å². The molecule has 0 amide bonds. The maximum Gasteiger partial charge on any atom is 0.242 e. The van der Waals surface area contributed by atoms with Gasteiger partial charge in [0, 0.05) is 17.7 Å². The van der Waals surface area contributed by atoms with Gasteiger partial charge in [0.2, 0.25) is 25.0 Å². The smallest absolute Gasteiger partial charge is 0.242 e. The highest BCUT2D eigenvalue weighted by Gasteiger charge is 2.53. The second-order valence-electron chi connectivity index (χ2n) is 22.7. The molecule has 3 aromatic rings. The Morgan fingerprint density at radius 1 is 0.525 bits per heavy atom. The summed E-state index contributed by atoms with van der Waals surface area (Å²) in [6.45, 7) is 45.8. The van der Waals surface area contributed by atoms with E-state index in [0.717, 1.165) is 11.3 Å². The largest absolute Gasteiger partial charge is 0.544 e. The zero-order valence-electron chi connectivity index (χ0n) is 40.1. The fourth-order valence-electron chi connectivity index (χ4n) is 6.82. The lowest BCUT2D eigenvalue weighted by Crippen LogP contribution is -2.63. The molecule has 2 aromatic carbocycles. The molecule has 2 heterocycles. The van der Waals surface area contributed by atoms with Crippen molar-refractivity contribution in [3.05, 3.63) is 52.2 Å². The van der Waals surface area contributed by atoms with Crippen LogP contribution in [0.15, 0.2) is 45.6 Å². The van der Waals surface area contributed by atoms with Crippen LogP contribution in [0.1, 0.15) is 11.7 Å². The van der Waals surface area contributed by atoms with Gasteiger partial charge in [-0.3, -0.25) is 4.79 Å². The third kappa shape index (κ3) is 15.3. The van der Waals surface area contributed by atoms with E-state index in [9.17, 15) is 4.79 Å². The predicted octanol–water partition coefficient (Wildman–Crippen LogP) is 12.1. The zero-order chi connectivity index (χ0) is 44.9. The first-order chi connectivity index (χ1) is 26.5. The van der Waals surface area contributed by atoms with Gasteiger partial charge in [-0.2, -0.15) is 0 Å². The molecular weight excluding hydrogens is 861 g/mol. The van der Waals surface area contributed by atoms with Crippen LogP contribution in [0.2, 0.25) is 137 Å². The van der Waals surface area contributed by atoms with E-state index in [1.165, 1.54) is 0 Å². The van der Waals surface area contributed by atoms with Crippen LogP contribution in [0.3, 0.4) is 0 Å². The summed E-state index contributed by atoms with van der Waals surface area (Å²) in [5, 5.41) is 0.348. The van der Waals surface area contributed by atoms with Crippen molar-refractivity contribution in [1.82, 2.24) is 0 Å². The SMILES string of the molecule is C[Si](C)(C)OC[C@H]1O[C@@H](c2c(O[Si](C)(C)C)cc(O[Si](C)(C)C)c3c(=O)cc(-c4ccc(O[Si](C)(C)C)cc4)oc23)[C@H](O[Si](C)(C)C)[C@@H](O[Si](C)(C)C)[C@@H]1O[Si](C)(C)C. The number of ether oxygens (including phenoxy) is 1. The monoisotopic (exact) mass is 936 g/mol. The molecule has 0 saturated carbocycles. The van der Waals surface area contributed by atoms with Gasteiger partial charge in [0.25, 0.3) is 0 Å². The molecule has 5 atom stereocenters. The van der Waals surface area contributed by atoms with E-state index in [1.807, 2.05) is 30.3 Å². The lowest BCUT2D eigenvalue weighted by Gasteiger charge is -2.51. The molecule has 0 unspecified atom stereocenters. The summed E-state index contributed by atoms with van der Waals surface area (Å²) in [6.07, 6.45) is -2.94. The predicted molar refractivity (Wildman–Crippen MR) is 261 cm³/mol. The Kier molecular flexibility index (Phi) is 15.1. The van der Waals surface area contributed by atoms with Crippen LogP contribution >= 0.6 is 0 Å². The van der Waals surface area contributed by atoms with Gasteiger partial charge >= 0.3 is 0 Å². The van der Waals surface area contributed by atoms with Crippen molar-refractivity contribution in [2.45, 2.75) is 168 Å². The second-order valence-corrected chi connectivity index (χ2v) is 53.9. The highest BCUT2D eigenvalue weighted by atomic mass is 28.4. The summed E-state index contributed by atoms with van der Waals surface area (Å²) in [4.78, 5) is 14.7. The van der Waals surface area contributed by atoms with Crippen LogP contribution in [-0.2, 0) is 22.4 Å². The summed E-state index contributed by atoms with van der Waals surface area (Å²) in [6, 6.07) is 11.2. The fraction of sp³-hybridized carbons (Fsp3) is 0.643. The van der Waals surface area contributed by atoms with Gasteiger partial charge in [-0.1, -0.05) is 0 Å². The van der Waals surface area contributed by atoms with Crippen LogP contribution in [0.25, 0.3) is 22.3 Å². The van der Waals surface area contributed by atoms with Gasteiger partial charge in [0.1, 0.15) is 58.9 Å². The van der Waals surface area contributed by atoms with E-state index in [4.69, 9.17) is 40.1 Å². The van der Waals surface area contributed by atoms with E-state index in [-0.39, 0.29) is 5.43 Å². The van der Waals surface area contributed by atoms with E-state index in [2.05, 4.69) is 137 Å². The minimum absolute atomic E-state index is 0.218. The zero-order valence-corrected chi connectivity index (χ0v) is 47.1. The van der Waals surface area contributed by atoms with Crippen molar-refractivity contribution in [2.24, 2.45) is 0 Å². The topological polar surface area (TPSA) is 104 Å². The summed E-state index contributed by atoms with van der Waals surface area (Å²) in [5.74, 6) is 2.20. The molecule has 17 heteroatoms. The molecule has 0 N–H and O–H groups in total. The molecule has 1 aliphatic rings. The molecule has 1 aliphatic heterocycles. The molecule has 1 aromatic heterocycles. The lowest BCUT2D eigenvalue weighted by atomic mass is 9.89. The first-order valence-electron chi connectivity index (χ1n) is 21.1. The van der Waals surface area contributed by atoms with Gasteiger partial charge in [-0.15, -0.1) is 0 Å². The van der Waals surface area contributed by atoms with Gasteiger partial charge in [-0.25, -0.2) is 0 Å². The van der Waals surface area contributed by atoms with Crippen molar-refractivity contribution in [3.63, 3.8) is 0 Å². The average Bonchev–Trinajstić information content (AvgIpc) is 2.98. The molecule has 0 bridgehead atoms. The van der Waals surface area contributed by atoms with Crippen LogP contribution < -0.4 is 18.7 Å². The number of rotatable bonds is 17. The Hall–Kier alpha value is -1.63. The third-order valence-electron chi connectivity index (χ3n) is 8.43. The minimum Gasteiger partial charge on any atom is -0.544 e. The van der Waals surface area contributed by atoms with Crippen LogP contribution in [0, 0.1) is 0 Å². The molecule has 0 aliphatic carbocycles. The standard InChI is InChI=1S/C42H76O10Si7/c1-53(2,3)44-28-35-38(50-57(13,14)15)41(51-58(16,17)18)42(52-59(19,20)21)40(46-35)37-34(49-56(10,11)12)27-33(48-55(7,8)9)36-31(43)26-32(45-39(36)37)29-22-24-30(25-23-29)47-54(4,5)6/h22-27,35,38,40-42H,28H2,1-21H3/t35-,38-,40+,41+,42+/m1/s1. The molecule has 4 rings (SSSR count).